The third-order valence-electron chi connectivity index (χ3n) is 5.57. The number of ether oxygens (including phenoxy) is 1. The highest BCUT2D eigenvalue weighted by Gasteiger charge is 2.22. The summed E-state index contributed by atoms with van der Waals surface area (Å²) < 4.78 is 5.50. The number of hydrogen-bond acceptors (Lipinski definition) is 5. The number of unbranched alkanes of at least 4 members (excludes halogenated alkanes) is 8. The van der Waals surface area contributed by atoms with Crippen molar-refractivity contribution in [2.75, 3.05) is 31.2 Å². The number of aromatic carboxylic acids is 1. The SMILES string of the molecule is CCCCCCCCCCN(C(=O)COCCCC)c1cc(CC[N+](=O)[O-])ccc1C(=O)O. The molecule has 0 saturated carbocycles. The molecule has 0 aliphatic carbocycles. The summed E-state index contributed by atoms with van der Waals surface area (Å²) in [6.07, 6.45) is 10.8. The molecule has 0 bridgehead atoms. The average Bonchev–Trinajstić information content (AvgIpc) is 2.79. The Kier molecular flexibility index (Phi) is 14.8. The first-order chi connectivity index (χ1) is 15.9. The molecule has 186 valence electrons. The predicted molar refractivity (Wildman–Crippen MR) is 130 cm³/mol. The Morgan fingerprint density at radius 1 is 1.00 bits per heavy atom. The van der Waals surface area contributed by atoms with Gasteiger partial charge in [-0.15, -0.1) is 0 Å². The molecule has 0 aromatic heterocycles. The molecule has 8 nitrogen and oxygen atoms in total. The van der Waals surface area contributed by atoms with E-state index >= 15 is 0 Å². The van der Waals surface area contributed by atoms with Crippen molar-refractivity contribution in [2.24, 2.45) is 0 Å². The Balaban J connectivity index is 2.93. The molecule has 0 aliphatic heterocycles. The zero-order valence-corrected chi connectivity index (χ0v) is 20.2. The van der Waals surface area contributed by atoms with Gasteiger partial charge in [0.1, 0.15) is 6.61 Å². The Labute approximate surface area is 197 Å². The van der Waals surface area contributed by atoms with E-state index in [1.165, 1.54) is 36.6 Å². The standard InChI is InChI=1S/C25H40N2O6/c1-3-5-7-8-9-10-11-12-16-26(24(28)20-33-18-6-4-2)23-19-21(15-17-27(31)32)13-14-22(23)25(29)30/h13-14,19H,3-12,15-18,20H2,1-2H3,(H,29,30). The lowest BCUT2D eigenvalue weighted by atomic mass is 10.0. The Morgan fingerprint density at radius 3 is 2.24 bits per heavy atom. The molecule has 33 heavy (non-hydrogen) atoms. The van der Waals surface area contributed by atoms with Gasteiger partial charge in [0.05, 0.1) is 11.3 Å². The minimum atomic E-state index is -1.13. The fourth-order valence-corrected chi connectivity index (χ4v) is 3.62. The normalized spacial score (nSPS) is 10.8. The lowest BCUT2D eigenvalue weighted by molar-refractivity contribution is -0.479. The van der Waals surface area contributed by atoms with Gasteiger partial charge in [0.15, 0.2) is 0 Å². The number of nitrogens with zero attached hydrogens (tertiary/aromatic N) is 2. The first-order valence-electron chi connectivity index (χ1n) is 12.3. The molecule has 0 radical (unpaired) electrons. The Bertz CT molecular complexity index is 738. The van der Waals surface area contributed by atoms with Crippen LogP contribution in [-0.4, -0.2) is 48.2 Å². The summed E-state index contributed by atoms with van der Waals surface area (Å²) in [5.74, 6) is -1.42. The van der Waals surface area contributed by atoms with E-state index in [9.17, 15) is 24.8 Å². The number of carboxylic acid groups (broad SMARTS) is 1. The molecule has 8 heteroatoms. The summed E-state index contributed by atoms with van der Waals surface area (Å²) >= 11 is 0. The van der Waals surface area contributed by atoms with Crippen molar-refractivity contribution in [3.05, 3.63) is 39.4 Å². The zero-order chi connectivity index (χ0) is 24.5. The first-order valence-corrected chi connectivity index (χ1v) is 12.3. The van der Waals surface area contributed by atoms with Gasteiger partial charge in [0.2, 0.25) is 6.54 Å². The van der Waals surface area contributed by atoms with Crippen molar-refractivity contribution in [2.45, 2.75) is 84.5 Å². The monoisotopic (exact) mass is 464 g/mol. The molecule has 0 atom stereocenters. The molecule has 1 amide bonds. The van der Waals surface area contributed by atoms with Crippen molar-refractivity contribution < 1.29 is 24.4 Å². The van der Waals surface area contributed by atoms with Crippen LogP contribution in [0.1, 0.15) is 94.0 Å². The van der Waals surface area contributed by atoms with Gasteiger partial charge in [-0.1, -0.05) is 71.3 Å². The lowest BCUT2D eigenvalue weighted by Crippen LogP contribution is -2.36. The van der Waals surface area contributed by atoms with E-state index in [4.69, 9.17) is 4.74 Å². The van der Waals surface area contributed by atoms with E-state index in [1.807, 2.05) is 6.92 Å². The van der Waals surface area contributed by atoms with Gasteiger partial charge in [-0.3, -0.25) is 14.9 Å². The predicted octanol–water partition coefficient (Wildman–Crippen LogP) is 5.49. The smallest absolute Gasteiger partial charge is 0.337 e. The second kappa shape index (κ2) is 17.1. The van der Waals surface area contributed by atoms with E-state index in [2.05, 4.69) is 6.92 Å². The molecule has 0 unspecified atom stereocenters. The number of amides is 1. The van der Waals surface area contributed by atoms with Crippen molar-refractivity contribution in [1.82, 2.24) is 0 Å². The molecule has 1 N–H and O–H groups in total. The molecular formula is C25H40N2O6. The van der Waals surface area contributed by atoms with Crippen LogP contribution in [0.4, 0.5) is 5.69 Å². The van der Waals surface area contributed by atoms with Crippen molar-refractivity contribution in [3.63, 3.8) is 0 Å². The number of carbonyl (C=O) groups is 2. The first kappa shape index (κ1) is 28.6. The van der Waals surface area contributed by atoms with Crippen LogP contribution in [0, 0.1) is 10.1 Å². The highest BCUT2D eigenvalue weighted by molar-refractivity contribution is 6.02. The summed E-state index contributed by atoms with van der Waals surface area (Å²) in [5.41, 5.74) is 0.934. The van der Waals surface area contributed by atoms with Gasteiger partial charge in [-0.25, -0.2) is 4.79 Å². The number of benzene rings is 1. The van der Waals surface area contributed by atoms with Crippen LogP contribution in [0.15, 0.2) is 18.2 Å². The molecule has 0 fully saturated rings. The van der Waals surface area contributed by atoms with Crippen molar-refractivity contribution in [1.29, 1.82) is 0 Å². The van der Waals surface area contributed by atoms with Crippen LogP contribution in [-0.2, 0) is 16.0 Å². The third kappa shape index (κ3) is 11.8. The molecule has 1 rings (SSSR count). The van der Waals surface area contributed by atoms with Crippen LogP contribution in [0.3, 0.4) is 0 Å². The van der Waals surface area contributed by atoms with Crippen LogP contribution in [0.2, 0.25) is 0 Å². The number of hydrogen-bond donors (Lipinski definition) is 1. The van der Waals surface area contributed by atoms with E-state index in [0.29, 0.717) is 18.7 Å². The lowest BCUT2D eigenvalue weighted by Gasteiger charge is -2.25. The number of anilines is 1. The highest BCUT2D eigenvalue weighted by Crippen LogP contribution is 2.25. The number of carbonyl (C=O) groups excluding carboxylic acids is 1. The molecular weight excluding hydrogens is 424 g/mol. The summed E-state index contributed by atoms with van der Waals surface area (Å²) in [6.45, 7) is 4.73. The van der Waals surface area contributed by atoms with Gasteiger partial charge in [-0.05, 0) is 30.5 Å². The largest absolute Gasteiger partial charge is 0.478 e. The summed E-state index contributed by atoms with van der Waals surface area (Å²) in [7, 11) is 0. The molecule has 0 aliphatic rings. The second-order valence-electron chi connectivity index (χ2n) is 8.39. The van der Waals surface area contributed by atoms with Crippen LogP contribution in [0.5, 0.6) is 0 Å². The zero-order valence-electron chi connectivity index (χ0n) is 20.2. The third-order valence-corrected chi connectivity index (χ3v) is 5.57. The van der Waals surface area contributed by atoms with Gasteiger partial charge in [-0.2, -0.15) is 0 Å². The minimum absolute atomic E-state index is 0.0151. The molecule has 0 spiro atoms. The van der Waals surface area contributed by atoms with Crippen LogP contribution >= 0.6 is 0 Å². The van der Waals surface area contributed by atoms with Crippen LogP contribution in [0.25, 0.3) is 0 Å². The summed E-state index contributed by atoms with van der Waals surface area (Å²) in [4.78, 5) is 36.7. The maximum Gasteiger partial charge on any atom is 0.337 e. The molecule has 1 aromatic rings. The molecule has 1 aromatic carbocycles. The van der Waals surface area contributed by atoms with E-state index in [0.717, 1.165) is 38.5 Å². The topological polar surface area (TPSA) is 110 Å². The van der Waals surface area contributed by atoms with Gasteiger partial charge in [0.25, 0.3) is 5.91 Å². The fraction of sp³-hybridized carbons (Fsp3) is 0.680. The summed E-state index contributed by atoms with van der Waals surface area (Å²) in [5, 5.41) is 20.4. The second-order valence-corrected chi connectivity index (χ2v) is 8.39. The molecule has 0 heterocycles. The number of nitro groups is 1. The number of carboxylic acids is 1. The molecule has 0 saturated heterocycles. The van der Waals surface area contributed by atoms with E-state index in [-0.39, 0.29) is 36.7 Å². The highest BCUT2D eigenvalue weighted by atomic mass is 16.6. The van der Waals surface area contributed by atoms with Gasteiger partial charge in [0, 0.05) is 24.5 Å². The number of rotatable bonds is 19. The van der Waals surface area contributed by atoms with Crippen molar-refractivity contribution >= 4 is 17.6 Å². The quantitative estimate of drug-likeness (QED) is 0.165. The maximum absolute atomic E-state index is 13.0. The van der Waals surface area contributed by atoms with E-state index in [1.54, 1.807) is 12.1 Å². The fourth-order valence-electron chi connectivity index (χ4n) is 3.62. The average molecular weight is 465 g/mol. The maximum atomic E-state index is 13.0. The minimum Gasteiger partial charge on any atom is -0.478 e. The van der Waals surface area contributed by atoms with E-state index < -0.39 is 10.9 Å². The van der Waals surface area contributed by atoms with Gasteiger partial charge >= 0.3 is 5.97 Å². The Hall–Kier alpha value is -2.48. The van der Waals surface area contributed by atoms with Crippen LogP contribution < -0.4 is 4.90 Å². The van der Waals surface area contributed by atoms with Gasteiger partial charge < -0.3 is 14.7 Å². The Morgan fingerprint density at radius 2 is 1.64 bits per heavy atom. The van der Waals surface area contributed by atoms with Crippen molar-refractivity contribution in [3.8, 4) is 0 Å². The summed E-state index contributed by atoms with van der Waals surface area (Å²) in [6, 6.07) is 4.60.